The fraction of sp³-hybridized carbons (Fsp3) is 0.174. The van der Waals surface area contributed by atoms with Crippen LogP contribution < -0.4 is 5.32 Å². The average molecular weight is 436 g/mol. The van der Waals surface area contributed by atoms with Gasteiger partial charge in [-0.25, -0.2) is 0 Å². The largest absolute Gasteiger partial charge is 0.493 e. The summed E-state index contributed by atoms with van der Waals surface area (Å²) in [5.41, 5.74) is 3.98. The Morgan fingerprint density at radius 2 is 1.93 bits per heavy atom. The number of rotatable bonds is 7. The minimum Gasteiger partial charge on any atom is -0.493 e. The summed E-state index contributed by atoms with van der Waals surface area (Å²) in [6.45, 7) is 1.01. The van der Waals surface area contributed by atoms with Gasteiger partial charge in [0.25, 0.3) is 0 Å². The molecule has 1 amide bonds. The lowest BCUT2D eigenvalue weighted by molar-refractivity contribution is -0.121. The number of amides is 1. The Kier molecular flexibility index (Phi) is 6.21. The van der Waals surface area contributed by atoms with Crippen LogP contribution in [0.1, 0.15) is 28.8 Å². The molecule has 1 aliphatic heterocycles. The van der Waals surface area contributed by atoms with Gasteiger partial charge in [0.2, 0.25) is 11.8 Å². The number of hydrogen-bond acceptors (Lipinski definition) is 5. The summed E-state index contributed by atoms with van der Waals surface area (Å²) < 4.78 is 2.28. The van der Waals surface area contributed by atoms with E-state index in [1.54, 1.807) is 10.8 Å². The lowest BCUT2D eigenvalue weighted by Gasteiger charge is -2.07. The number of aromatic hydroxyl groups is 1. The van der Waals surface area contributed by atoms with Crippen LogP contribution in [-0.2, 0) is 17.9 Å². The van der Waals surface area contributed by atoms with Crippen LogP contribution >= 0.6 is 23.6 Å². The van der Waals surface area contributed by atoms with Crippen LogP contribution in [0.3, 0.4) is 0 Å². The quantitative estimate of drug-likeness (QED) is 0.493. The fourth-order valence-corrected chi connectivity index (χ4v) is 4.59. The van der Waals surface area contributed by atoms with Gasteiger partial charge in [-0.05, 0) is 36.3 Å². The molecule has 4 rings (SSSR count). The summed E-state index contributed by atoms with van der Waals surface area (Å²) in [4.78, 5) is 17.2. The van der Waals surface area contributed by atoms with Crippen LogP contribution in [0.15, 0.2) is 59.6 Å². The van der Waals surface area contributed by atoms with Crippen molar-refractivity contribution < 1.29 is 9.90 Å². The van der Waals surface area contributed by atoms with Crippen molar-refractivity contribution in [1.82, 2.24) is 9.88 Å². The van der Waals surface area contributed by atoms with Crippen LogP contribution in [0.5, 0.6) is 5.88 Å². The molecule has 5 nitrogen and oxygen atoms in total. The van der Waals surface area contributed by atoms with E-state index >= 15 is 0 Å². The van der Waals surface area contributed by atoms with Crippen LogP contribution in [0.25, 0.3) is 11.6 Å². The van der Waals surface area contributed by atoms with Gasteiger partial charge in [-0.15, -0.1) is 11.3 Å². The minimum atomic E-state index is -0.0128. The van der Waals surface area contributed by atoms with Gasteiger partial charge in [0.15, 0.2) is 3.95 Å². The molecule has 0 saturated carbocycles. The number of nitrogens with zero attached hydrogens (tertiary/aromatic N) is 2. The number of aliphatic imine (C=N–C) groups is 1. The van der Waals surface area contributed by atoms with Crippen molar-refractivity contribution in [3.8, 4) is 5.88 Å². The smallest absolute Gasteiger partial charge is 0.220 e. The molecule has 30 heavy (non-hydrogen) atoms. The number of allylic oxidation sites excluding steroid dienone is 1. The zero-order valence-electron chi connectivity index (χ0n) is 16.2. The number of fused-ring (bicyclic) bond motifs is 1. The number of carbonyl (C=O) groups is 1. The molecule has 1 aliphatic rings. The Morgan fingerprint density at radius 1 is 1.17 bits per heavy atom. The van der Waals surface area contributed by atoms with Gasteiger partial charge in [0.05, 0.1) is 10.6 Å². The van der Waals surface area contributed by atoms with Gasteiger partial charge >= 0.3 is 0 Å². The van der Waals surface area contributed by atoms with E-state index in [2.05, 4.69) is 10.3 Å². The SMILES string of the molecule is O=C(CCCn1c(O)c(/C=C2/C=Nc3ccccc32)sc1=S)NCc1ccccc1. The van der Waals surface area contributed by atoms with Crippen molar-refractivity contribution in [2.75, 3.05) is 0 Å². The van der Waals surface area contributed by atoms with E-state index in [-0.39, 0.29) is 11.8 Å². The zero-order chi connectivity index (χ0) is 20.9. The van der Waals surface area contributed by atoms with Crippen LogP contribution in [0.2, 0.25) is 0 Å². The predicted octanol–water partition coefficient (Wildman–Crippen LogP) is 5.34. The first-order valence-electron chi connectivity index (χ1n) is 9.70. The van der Waals surface area contributed by atoms with Gasteiger partial charge in [-0.3, -0.25) is 14.4 Å². The van der Waals surface area contributed by atoms with Crippen molar-refractivity contribution >= 4 is 53.0 Å². The highest BCUT2D eigenvalue weighted by Gasteiger charge is 2.15. The molecule has 0 aliphatic carbocycles. The van der Waals surface area contributed by atoms with Crippen LogP contribution in [-0.4, -0.2) is 21.8 Å². The van der Waals surface area contributed by atoms with E-state index in [1.165, 1.54) is 11.3 Å². The van der Waals surface area contributed by atoms with Crippen molar-refractivity contribution in [3.05, 3.63) is 74.6 Å². The summed E-state index contributed by atoms with van der Waals surface area (Å²) >= 11 is 6.79. The van der Waals surface area contributed by atoms with E-state index in [0.717, 1.165) is 22.4 Å². The molecular weight excluding hydrogens is 414 g/mol. The first-order valence-corrected chi connectivity index (χ1v) is 10.9. The number of aromatic nitrogens is 1. The van der Waals surface area contributed by atoms with Crippen molar-refractivity contribution in [2.45, 2.75) is 25.9 Å². The highest BCUT2D eigenvalue weighted by Crippen LogP contribution is 2.35. The Balaban J connectivity index is 1.36. The predicted molar refractivity (Wildman–Crippen MR) is 125 cm³/mol. The normalized spacial score (nSPS) is 13.5. The molecule has 2 heterocycles. The number of carbonyl (C=O) groups excluding carboxylic acids is 1. The molecule has 2 N–H and O–H groups in total. The minimum absolute atomic E-state index is 0.0128. The third kappa shape index (κ3) is 4.58. The van der Waals surface area contributed by atoms with E-state index in [4.69, 9.17) is 12.2 Å². The molecule has 0 unspecified atom stereocenters. The van der Waals surface area contributed by atoms with Crippen LogP contribution in [0, 0.1) is 3.95 Å². The van der Waals surface area contributed by atoms with Gasteiger partial charge in [0.1, 0.15) is 0 Å². The molecule has 7 heteroatoms. The monoisotopic (exact) mass is 435 g/mol. The lowest BCUT2D eigenvalue weighted by atomic mass is 10.1. The molecule has 0 spiro atoms. The number of nitrogens with one attached hydrogen (secondary N) is 1. The molecule has 3 aromatic rings. The number of thiazole rings is 1. The second-order valence-corrected chi connectivity index (χ2v) is 8.62. The Labute approximate surface area is 184 Å². The Hall–Kier alpha value is -3.03. The molecule has 2 aromatic carbocycles. The topological polar surface area (TPSA) is 66.6 Å². The first kappa shape index (κ1) is 20.3. The molecule has 0 fully saturated rings. The lowest BCUT2D eigenvalue weighted by Crippen LogP contribution is -2.22. The number of benzene rings is 2. The number of hydrogen-bond donors (Lipinski definition) is 2. The Bertz CT molecular complexity index is 1180. The second kappa shape index (κ2) is 9.19. The first-order chi connectivity index (χ1) is 14.6. The highest BCUT2D eigenvalue weighted by atomic mass is 32.1. The maximum Gasteiger partial charge on any atom is 0.220 e. The maximum absolute atomic E-state index is 12.1. The van der Waals surface area contributed by atoms with E-state index in [0.29, 0.717) is 34.8 Å². The van der Waals surface area contributed by atoms with Gasteiger partial charge < -0.3 is 10.4 Å². The second-order valence-electron chi connectivity index (χ2n) is 6.95. The third-order valence-electron chi connectivity index (χ3n) is 4.86. The molecule has 0 radical (unpaired) electrons. The Morgan fingerprint density at radius 3 is 2.77 bits per heavy atom. The van der Waals surface area contributed by atoms with E-state index in [9.17, 15) is 9.90 Å². The van der Waals surface area contributed by atoms with Crippen LogP contribution in [0.4, 0.5) is 5.69 Å². The van der Waals surface area contributed by atoms with Gasteiger partial charge in [-0.1, -0.05) is 48.5 Å². The summed E-state index contributed by atoms with van der Waals surface area (Å²) in [6.07, 6.45) is 4.68. The third-order valence-corrected chi connectivity index (χ3v) is 6.24. The molecule has 152 valence electrons. The molecule has 0 bridgehead atoms. The molecule has 1 aromatic heterocycles. The van der Waals surface area contributed by atoms with Crippen molar-refractivity contribution in [2.24, 2.45) is 4.99 Å². The van der Waals surface area contributed by atoms with Gasteiger partial charge in [0, 0.05) is 36.9 Å². The van der Waals surface area contributed by atoms with Gasteiger partial charge in [-0.2, -0.15) is 0 Å². The van der Waals surface area contributed by atoms with E-state index < -0.39 is 0 Å². The summed E-state index contributed by atoms with van der Waals surface area (Å²) in [7, 11) is 0. The summed E-state index contributed by atoms with van der Waals surface area (Å²) in [5.74, 6) is 0.126. The maximum atomic E-state index is 12.1. The average Bonchev–Trinajstić information content (AvgIpc) is 3.29. The van der Waals surface area contributed by atoms with Crippen molar-refractivity contribution in [3.63, 3.8) is 0 Å². The van der Waals surface area contributed by atoms with E-state index in [1.807, 2.05) is 60.7 Å². The van der Waals surface area contributed by atoms with Crippen molar-refractivity contribution in [1.29, 1.82) is 0 Å². The highest BCUT2D eigenvalue weighted by molar-refractivity contribution is 7.73. The standard InChI is InChI=1S/C23H21N3O2S2/c27-21(25-14-16-7-2-1-3-8-16)11-6-12-26-22(28)20(30-23(26)29)13-17-15-24-19-10-5-4-9-18(17)19/h1-5,7-10,13,15,28H,6,11-12,14H2,(H,25,27)/b17-13-. The zero-order valence-corrected chi connectivity index (χ0v) is 17.9. The summed E-state index contributed by atoms with van der Waals surface area (Å²) in [5, 5.41) is 13.6. The fourth-order valence-electron chi connectivity index (χ4n) is 3.28. The summed E-state index contributed by atoms with van der Waals surface area (Å²) in [6, 6.07) is 17.7. The molecular formula is C23H21N3O2S2. The molecule has 0 atom stereocenters. The molecule has 0 saturated heterocycles. The number of para-hydroxylation sites is 1.